The second-order valence-corrected chi connectivity index (χ2v) is 6.56. The first kappa shape index (κ1) is 14.9. The van der Waals surface area contributed by atoms with Crippen LogP contribution in [0, 0.1) is 16.0 Å². The summed E-state index contributed by atoms with van der Waals surface area (Å²) in [5.41, 5.74) is 5.22. The molecule has 0 saturated heterocycles. The normalized spacial score (nSPS) is 24.1. The molecule has 1 aliphatic heterocycles. The maximum absolute atomic E-state index is 10.9. The molecule has 0 radical (unpaired) electrons. The van der Waals surface area contributed by atoms with Crippen molar-refractivity contribution in [3.8, 4) is 0 Å². The minimum Gasteiger partial charge on any atom is -0.377 e. The summed E-state index contributed by atoms with van der Waals surface area (Å²) in [6.07, 6.45) is 6.62. The largest absolute Gasteiger partial charge is 0.377 e. The van der Waals surface area contributed by atoms with Crippen molar-refractivity contribution in [2.75, 3.05) is 5.32 Å². The molecule has 0 spiro atoms. The van der Waals surface area contributed by atoms with Gasteiger partial charge in [0, 0.05) is 23.7 Å². The number of hydrogen-bond donors (Lipinski definition) is 1. The number of fused-ring (bicyclic) bond motifs is 3. The van der Waals surface area contributed by atoms with E-state index in [4.69, 9.17) is 0 Å². The Labute approximate surface area is 141 Å². The fraction of sp³-hybridized carbons (Fsp3) is 0.300. The summed E-state index contributed by atoms with van der Waals surface area (Å²) in [6.45, 7) is 2.18. The lowest BCUT2D eigenvalue weighted by Crippen LogP contribution is -2.29. The van der Waals surface area contributed by atoms with E-state index in [2.05, 4.69) is 42.6 Å². The van der Waals surface area contributed by atoms with Crippen molar-refractivity contribution in [3.63, 3.8) is 0 Å². The molecule has 0 saturated carbocycles. The van der Waals surface area contributed by atoms with Crippen LogP contribution in [0.5, 0.6) is 0 Å². The molecule has 1 N–H and O–H groups in total. The number of nitro benzene ring substituents is 1. The van der Waals surface area contributed by atoms with Gasteiger partial charge < -0.3 is 5.32 Å². The van der Waals surface area contributed by atoms with Crippen molar-refractivity contribution in [2.45, 2.75) is 31.7 Å². The third-order valence-electron chi connectivity index (χ3n) is 5.33. The number of anilines is 1. The van der Waals surface area contributed by atoms with E-state index in [1.54, 1.807) is 12.1 Å². The second-order valence-electron chi connectivity index (χ2n) is 6.56. The van der Waals surface area contributed by atoms with Crippen LogP contribution in [0.15, 0.2) is 54.6 Å². The van der Waals surface area contributed by atoms with Gasteiger partial charge in [0.1, 0.15) is 0 Å². The lowest BCUT2D eigenvalue weighted by molar-refractivity contribution is -0.384. The van der Waals surface area contributed by atoms with Crippen LogP contribution in [-0.4, -0.2) is 4.92 Å². The van der Waals surface area contributed by atoms with E-state index in [1.807, 2.05) is 12.1 Å². The standard InChI is InChI=1S/C20H20N2O2/c1-2-13-5-3-7-17-16-6-4-8-18(16)20(21-19(13)17)14-9-11-15(12-10-14)22(23)24/h3-7,9-12,16,18,20-21H,2,8H2,1H3. The number of rotatable bonds is 3. The van der Waals surface area contributed by atoms with E-state index in [1.165, 1.54) is 16.8 Å². The van der Waals surface area contributed by atoms with Gasteiger partial charge in [-0.25, -0.2) is 0 Å². The van der Waals surface area contributed by atoms with Crippen LogP contribution in [0.3, 0.4) is 0 Å². The van der Waals surface area contributed by atoms with Crippen molar-refractivity contribution < 1.29 is 4.92 Å². The average molecular weight is 320 g/mol. The maximum atomic E-state index is 10.9. The molecule has 0 aromatic heterocycles. The van der Waals surface area contributed by atoms with Crippen molar-refractivity contribution in [1.29, 1.82) is 0 Å². The summed E-state index contributed by atoms with van der Waals surface area (Å²) in [5, 5.41) is 14.6. The number of hydrogen-bond acceptors (Lipinski definition) is 3. The van der Waals surface area contributed by atoms with Crippen LogP contribution in [0.4, 0.5) is 11.4 Å². The van der Waals surface area contributed by atoms with E-state index in [0.29, 0.717) is 11.8 Å². The van der Waals surface area contributed by atoms with Crippen LogP contribution in [0.2, 0.25) is 0 Å². The zero-order chi connectivity index (χ0) is 16.7. The zero-order valence-corrected chi connectivity index (χ0v) is 13.6. The number of para-hydroxylation sites is 1. The van der Waals surface area contributed by atoms with Crippen LogP contribution < -0.4 is 5.32 Å². The van der Waals surface area contributed by atoms with Gasteiger partial charge in [-0.05, 0) is 35.4 Å². The Morgan fingerprint density at radius 2 is 2.00 bits per heavy atom. The van der Waals surface area contributed by atoms with Gasteiger partial charge in [0.2, 0.25) is 0 Å². The molecule has 0 amide bonds. The highest BCUT2D eigenvalue weighted by Crippen LogP contribution is 2.50. The second kappa shape index (κ2) is 5.78. The molecule has 4 rings (SSSR count). The Bertz CT molecular complexity index is 811. The van der Waals surface area contributed by atoms with Gasteiger partial charge in [0.05, 0.1) is 11.0 Å². The fourth-order valence-electron chi connectivity index (χ4n) is 4.11. The van der Waals surface area contributed by atoms with Gasteiger partial charge in [0.25, 0.3) is 5.69 Å². The molecule has 3 unspecified atom stereocenters. The molecule has 24 heavy (non-hydrogen) atoms. The lowest BCUT2D eigenvalue weighted by Gasteiger charge is -2.38. The van der Waals surface area contributed by atoms with Crippen molar-refractivity contribution >= 4 is 11.4 Å². The third kappa shape index (κ3) is 2.30. The SMILES string of the molecule is CCc1cccc2c1NC(c1ccc([N+](=O)[O-])cc1)C1CC=CC21. The predicted molar refractivity (Wildman–Crippen MR) is 95.3 cm³/mol. The minimum absolute atomic E-state index is 0.144. The molecule has 2 aromatic rings. The van der Waals surface area contributed by atoms with E-state index in [9.17, 15) is 10.1 Å². The number of benzene rings is 2. The predicted octanol–water partition coefficient (Wildman–Crippen LogP) is 4.98. The molecular weight excluding hydrogens is 300 g/mol. The minimum atomic E-state index is -0.345. The summed E-state index contributed by atoms with van der Waals surface area (Å²) < 4.78 is 0. The summed E-state index contributed by atoms with van der Waals surface area (Å²) in [5.74, 6) is 0.888. The van der Waals surface area contributed by atoms with Crippen molar-refractivity contribution in [1.82, 2.24) is 0 Å². The van der Waals surface area contributed by atoms with Gasteiger partial charge in [-0.1, -0.05) is 49.4 Å². The molecule has 0 bridgehead atoms. The summed E-state index contributed by atoms with van der Waals surface area (Å²) >= 11 is 0. The van der Waals surface area contributed by atoms with E-state index in [0.717, 1.165) is 18.4 Å². The number of nitro groups is 1. The van der Waals surface area contributed by atoms with Crippen molar-refractivity contribution in [2.24, 2.45) is 5.92 Å². The Balaban J connectivity index is 1.76. The van der Waals surface area contributed by atoms with Gasteiger partial charge in [0.15, 0.2) is 0 Å². The molecule has 2 aromatic carbocycles. The lowest BCUT2D eigenvalue weighted by atomic mass is 9.76. The summed E-state index contributed by atoms with van der Waals surface area (Å²) in [6, 6.07) is 13.7. The molecule has 4 nitrogen and oxygen atoms in total. The number of allylic oxidation sites excluding steroid dienone is 2. The van der Waals surface area contributed by atoms with Gasteiger partial charge in [-0.3, -0.25) is 10.1 Å². The van der Waals surface area contributed by atoms with Crippen LogP contribution >= 0.6 is 0 Å². The van der Waals surface area contributed by atoms with Crippen LogP contribution in [-0.2, 0) is 6.42 Å². The van der Waals surface area contributed by atoms with Crippen LogP contribution in [0.1, 0.15) is 42.0 Å². The highest BCUT2D eigenvalue weighted by molar-refractivity contribution is 5.64. The van der Waals surface area contributed by atoms with Gasteiger partial charge >= 0.3 is 0 Å². The molecule has 0 fully saturated rings. The van der Waals surface area contributed by atoms with Gasteiger partial charge in [-0.2, -0.15) is 0 Å². The number of nitrogens with zero attached hydrogens (tertiary/aromatic N) is 1. The molecule has 3 atom stereocenters. The molecular formula is C20H20N2O2. The van der Waals surface area contributed by atoms with Crippen LogP contribution in [0.25, 0.3) is 0 Å². The first-order chi connectivity index (χ1) is 11.7. The smallest absolute Gasteiger partial charge is 0.269 e. The molecule has 1 aliphatic carbocycles. The highest BCUT2D eigenvalue weighted by atomic mass is 16.6. The summed E-state index contributed by atoms with van der Waals surface area (Å²) in [4.78, 5) is 10.6. The maximum Gasteiger partial charge on any atom is 0.269 e. The fourth-order valence-corrected chi connectivity index (χ4v) is 4.11. The Morgan fingerprint density at radius 3 is 2.71 bits per heavy atom. The first-order valence-electron chi connectivity index (χ1n) is 8.48. The first-order valence-corrected chi connectivity index (χ1v) is 8.48. The van der Waals surface area contributed by atoms with E-state index in [-0.39, 0.29) is 16.7 Å². The Hall–Kier alpha value is -2.62. The topological polar surface area (TPSA) is 55.2 Å². The number of aryl methyl sites for hydroxylation is 1. The summed E-state index contributed by atoms with van der Waals surface area (Å²) in [7, 11) is 0. The Kier molecular flexibility index (Phi) is 3.60. The molecule has 122 valence electrons. The van der Waals surface area contributed by atoms with E-state index < -0.39 is 0 Å². The monoisotopic (exact) mass is 320 g/mol. The number of non-ortho nitro benzene ring substituents is 1. The molecule has 1 heterocycles. The van der Waals surface area contributed by atoms with Crippen molar-refractivity contribution in [3.05, 3.63) is 81.4 Å². The van der Waals surface area contributed by atoms with Gasteiger partial charge in [-0.15, -0.1) is 0 Å². The third-order valence-corrected chi connectivity index (χ3v) is 5.33. The average Bonchev–Trinajstić information content (AvgIpc) is 3.10. The van der Waals surface area contributed by atoms with E-state index >= 15 is 0 Å². The number of nitrogens with one attached hydrogen (secondary N) is 1. The Morgan fingerprint density at radius 1 is 1.21 bits per heavy atom. The molecule has 4 heteroatoms. The zero-order valence-electron chi connectivity index (χ0n) is 13.6. The highest BCUT2D eigenvalue weighted by Gasteiger charge is 2.38. The molecule has 2 aliphatic rings. The quantitative estimate of drug-likeness (QED) is 0.493.